The Kier molecular flexibility index (Phi) is 5.01. The molecule has 0 spiro atoms. The molecular formula is C18H14ClF2NO2S. The van der Waals surface area contributed by atoms with E-state index in [0.717, 1.165) is 11.8 Å². The summed E-state index contributed by atoms with van der Waals surface area (Å²) in [5.74, 6) is -1.92. The van der Waals surface area contributed by atoms with E-state index in [1.807, 2.05) is 0 Å². The van der Waals surface area contributed by atoms with Crippen LogP contribution in [0.25, 0.3) is 10.9 Å². The molecule has 0 saturated carbocycles. The molecule has 3 nitrogen and oxygen atoms in total. The Labute approximate surface area is 152 Å². The van der Waals surface area contributed by atoms with Gasteiger partial charge in [0, 0.05) is 20.9 Å². The Bertz CT molecular complexity index is 971. The summed E-state index contributed by atoms with van der Waals surface area (Å²) in [4.78, 5) is 15.7. The van der Waals surface area contributed by atoms with Crippen LogP contribution < -0.4 is 0 Å². The summed E-state index contributed by atoms with van der Waals surface area (Å²) in [6, 6.07) is 7.66. The molecule has 0 amide bonds. The van der Waals surface area contributed by atoms with Gasteiger partial charge in [0.1, 0.15) is 0 Å². The van der Waals surface area contributed by atoms with Crippen LogP contribution in [0.2, 0.25) is 5.02 Å². The minimum absolute atomic E-state index is 0.0146. The number of aryl methyl sites for hydroxylation is 1. The average molecular weight is 382 g/mol. The van der Waals surface area contributed by atoms with Gasteiger partial charge in [0.25, 0.3) is 0 Å². The Morgan fingerprint density at radius 2 is 2.00 bits per heavy atom. The molecule has 0 saturated heterocycles. The number of aromatic amines is 1. The van der Waals surface area contributed by atoms with Crippen molar-refractivity contribution in [3.63, 3.8) is 0 Å². The second kappa shape index (κ2) is 7.06. The molecule has 0 aliphatic rings. The van der Waals surface area contributed by atoms with Crippen molar-refractivity contribution in [3.8, 4) is 0 Å². The number of carbonyl (C=O) groups is 1. The van der Waals surface area contributed by atoms with Gasteiger partial charge in [-0.05, 0) is 38.1 Å². The normalized spacial score (nSPS) is 11.1. The molecule has 0 fully saturated rings. The third kappa shape index (κ3) is 3.24. The van der Waals surface area contributed by atoms with Crippen molar-refractivity contribution in [1.82, 2.24) is 4.98 Å². The minimum atomic E-state index is -0.712. The van der Waals surface area contributed by atoms with Crippen LogP contribution in [0.1, 0.15) is 23.0 Å². The van der Waals surface area contributed by atoms with Crippen molar-refractivity contribution in [2.24, 2.45) is 0 Å². The summed E-state index contributed by atoms with van der Waals surface area (Å²) in [5.41, 5.74) is 0.829. The van der Waals surface area contributed by atoms with Crippen molar-refractivity contribution >= 4 is 40.2 Å². The molecule has 0 atom stereocenters. The molecule has 3 rings (SSSR count). The van der Waals surface area contributed by atoms with Gasteiger partial charge in [-0.1, -0.05) is 29.4 Å². The lowest BCUT2D eigenvalue weighted by atomic mass is 10.2. The van der Waals surface area contributed by atoms with Gasteiger partial charge in [0.15, 0.2) is 11.6 Å². The van der Waals surface area contributed by atoms with Crippen molar-refractivity contribution < 1.29 is 18.3 Å². The standard InChI is InChI=1S/C18H14ClF2NO2S/c1-3-24-18(23)10-5-4-6-13(14(10)20)25-17-9(2)22-16-11(17)7-8-12(19)15(16)21/h4-8,22H,3H2,1-2H3. The summed E-state index contributed by atoms with van der Waals surface area (Å²) < 4.78 is 33.7. The first kappa shape index (κ1) is 17.8. The molecule has 2 aromatic carbocycles. The highest BCUT2D eigenvalue weighted by molar-refractivity contribution is 7.99. The van der Waals surface area contributed by atoms with Crippen molar-refractivity contribution in [1.29, 1.82) is 0 Å². The van der Waals surface area contributed by atoms with E-state index in [1.165, 1.54) is 12.1 Å². The van der Waals surface area contributed by atoms with Crippen LogP contribution in [0.4, 0.5) is 8.78 Å². The second-order valence-electron chi connectivity index (χ2n) is 5.30. The smallest absolute Gasteiger partial charge is 0.341 e. The summed E-state index contributed by atoms with van der Waals surface area (Å²) >= 11 is 6.92. The van der Waals surface area contributed by atoms with Gasteiger partial charge in [-0.15, -0.1) is 0 Å². The van der Waals surface area contributed by atoms with E-state index in [-0.39, 0.29) is 27.6 Å². The van der Waals surface area contributed by atoms with Gasteiger partial charge >= 0.3 is 5.97 Å². The number of ether oxygens (including phenoxy) is 1. The number of nitrogens with one attached hydrogen (secondary N) is 1. The first-order valence-corrected chi connectivity index (χ1v) is 8.73. The SMILES string of the molecule is CCOC(=O)c1cccc(Sc2c(C)[nH]c3c(F)c(Cl)ccc23)c1F. The molecule has 0 aliphatic heterocycles. The number of hydrogen-bond acceptors (Lipinski definition) is 3. The molecule has 130 valence electrons. The lowest BCUT2D eigenvalue weighted by molar-refractivity contribution is 0.0520. The summed E-state index contributed by atoms with van der Waals surface area (Å²) in [7, 11) is 0. The Morgan fingerprint density at radius 1 is 1.24 bits per heavy atom. The summed E-state index contributed by atoms with van der Waals surface area (Å²) in [6.45, 7) is 3.59. The molecule has 0 aliphatic carbocycles. The molecular weight excluding hydrogens is 368 g/mol. The zero-order chi connectivity index (χ0) is 18.1. The Morgan fingerprint density at radius 3 is 2.72 bits per heavy atom. The van der Waals surface area contributed by atoms with Crippen LogP contribution in [-0.2, 0) is 4.74 Å². The topological polar surface area (TPSA) is 42.1 Å². The molecule has 0 radical (unpaired) electrons. The second-order valence-corrected chi connectivity index (χ2v) is 6.76. The minimum Gasteiger partial charge on any atom is -0.462 e. The fraction of sp³-hybridized carbons (Fsp3) is 0.167. The maximum absolute atomic E-state index is 14.7. The third-order valence-corrected chi connectivity index (χ3v) is 5.22. The zero-order valence-electron chi connectivity index (χ0n) is 13.5. The zero-order valence-corrected chi connectivity index (χ0v) is 15.0. The number of halogens is 3. The van der Waals surface area contributed by atoms with Crippen molar-refractivity contribution in [2.75, 3.05) is 6.61 Å². The Hall–Kier alpha value is -2.05. The van der Waals surface area contributed by atoms with E-state index in [9.17, 15) is 13.6 Å². The van der Waals surface area contributed by atoms with Gasteiger partial charge < -0.3 is 9.72 Å². The number of benzene rings is 2. The van der Waals surface area contributed by atoms with E-state index in [4.69, 9.17) is 16.3 Å². The van der Waals surface area contributed by atoms with E-state index < -0.39 is 17.6 Å². The van der Waals surface area contributed by atoms with Crippen LogP contribution in [0, 0.1) is 18.6 Å². The quantitative estimate of drug-likeness (QED) is 0.586. The molecule has 25 heavy (non-hydrogen) atoms. The monoisotopic (exact) mass is 381 g/mol. The maximum atomic E-state index is 14.7. The molecule has 0 bridgehead atoms. The largest absolute Gasteiger partial charge is 0.462 e. The summed E-state index contributed by atoms with van der Waals surface area (Å²) in [5, 5.41) is 0.617. The molecule has 1 heterocycles. The van der Waals surface area contributed by atoms with Crippen LogP contribution in [0.5, 0.6) is 0 Å². The number of esters is 1. The number of hydrogen-bond donors (Lipinski definition) is 1. The Balaban J connectivity index is 2.05. The van der Waals surface area contributed by atoms with Crippen LogP contribution in [0.15, 0.2) is 40.1 Å². The van der Waals surface area contributed by atoms with E-state index >= 15 is 0 Å². The van der Waals surface area contributed by atoms with E-state index in [1.54, 1.807) is 32.0 Å². The predicted octanol–water partition coefficient (Wildman–Crippen LogP) is 5.74. The molecule has 1 aromatic heterocycles. The van der Waals surface area contributed by atoms with Crippen LogP contribution >= 0.6 is 23.4 Å². The van der Waals surface area contributed by atoms with Gasteiger partial charge in [0.05, 0.1) is 22.7 Å². The predicted molar refractivity (Wildman–Crippen MR) is 94.5 cm³/mol. The van der Waals surface area contributed by atoms with Gasteiger partial charge in [0.2, 0.25) is 0 Å². The van der Waals surface area contributed by atoms with E-state index in [2.05, 4.69) is 4.98 Å². The lowest BCUT2D eigenvalue weighted by Gasteiger charge is -2.08. The van der Waals surface area contributed by atoms with Crippen molar-refractivity contribution in [3.05, 3.63) is 58.2 Å². The molecule has 7 heteroatoms. The van der Waals surface area contributed by atoms with Gasteiger partial charge in [-0.2, -0.15) is 0 Å². The number of fused-ring (bicyclic) bond motifs is 1. The fourth-order valence-electron chi connectivity index (χ4n) is 2.51. The van der Waals surface area contributed by atoms with Gasteiger partial charge in [-0.3, -0.25) is 0 Å². The highest BCUT2D eigenvalue weighted by Gasteiger charge is 2.20. The first-order valence-electron chi connectivity index (χ1n) is 7.53. The fourth-order valence-corrected chi connectivity index (χ4v) is 3.71. The van der Waals surface area contributed by atoms with Gasteiger partial charge in [-0.25, -0.2) is 13.6 Å². The highest BCUT2D eigenvalue weighted by Crippen LogP contribution is 2.39. The number of H-pyrrole nitrogens is 1. The van der Waals surface area contributed by atoms with Crippen LogP contribution in [-0.4, -0.2) is 17.6 Å². The van der Waals surface area contributed by atoms with E-state index in [0.29, 0.717) is 16.0 Å². The van der Waals surface area contributed by atoms with Crippen LogP contribution in [0.3, 0.4) is 0 Å². The summed E-state index contributed by atoms with van der Waals surface area (Å²) in [6.07, 6.45) is 0. The van der Waals surface area contributed by atoms with Crippen molar-refractivity contribution in [2.45, 2.75) is 23.6 Å². The highest BCUT2D eigenvalue weighted by atomic mass is 35.5. The molecule has 1 N–H and O–H groups in total. The molecule has 3 aromatic rings. The third-order valence-electron chi connectivity index (χ3n) is 3.66. The number of carbonyl (C=O) groups excluding carboxylic acids is 1. The maximum Gasteiger partial charge on any atom is 0.341 e. The number of rotatable bonds is 4. The number of aromatic nitrogens is 1. The average Bonchev–Trinajstić information content (AvgIpc) is 2.90. The lowest BCUT2D eigenvalue weighted by Crippen LogP contribution is -2.07. The molecule has 0 unspecified atom stereocenters. The first-order chi connectivity index (χ1) is 11.9.